The molecule has 4 nitrogen and oxygen atoms in total. The van der Waals surface area contributed by atoms with Crippen LogP contribution in [0.4, 0.5) is 0 Å². The van der Waals surface area contributed by atoms with Crippen molar-refractivity contribution in [1.29, 1.82) is 0 Å². The first-order valence-corrected chi connectivity index (χ1v) is 9.00. The number of benzene rings is 3. The molecule has 3 rings (SSSR count). The molecule has 3 aromatic carbocycles. The van der Waals surface area contributed by atoms with Crippen LogP contribution in [0.2, 0.25) is 0 Å². The van der Waals surface area contributed by atoms with E-state index in [2.05, 4.69) is 13.2 Å². The van der Waals surface area contributed by atoms with E-state index in [4.69, 9.17) is 9.47 Å². The molecule has 29 heavy (non-hydrogen) atoms. The molecular weight excluding hydrogens is 364 g/mol. The molecule has 0 spiro atoms. The van der Waals surface area contributed by atoms with Crippen molar-refractivity contribution in [3.05, 3.63) is 108 Å². The molecule has 0 aliphatic rings. The van der Waals surface area contributed by atoms with Crippen LogP contribution in [0.3, 0.4) is 0 Å². The summed E-state index contributed by atoms with van der Waals surface area (Å²) in [4.78, 5) is 24.6. The predicted molar refractivity (Wildman–Crippen MR) is 114 cm³/mol. The Morgan fingerprint density at radius 1 is 0.724 bits per heavy atom. The molecule has 0 aromatic heterocycles. The molecule has 0 saturated carbocycles. The first-order chi connectivity index (χ1) is 14.0. The highest BCUT2D eigenvalue weighted by molar-refractivity contribution is 5.92. The number of ether oxygens (including phenoxy) is 2. The third-order valence-electron chi connectivity index (χ3n) is 4.32. The minimum Gasteiger partial charge on any atom is -0.423 e. The Balaban J connectivity index is 1.68. The van der Waals surface area contributed by atoms with Crippen LogP contribution in [-0.4, -0.2) is 11.9 Å². The molecule has 0 radical (unpaired) electrons. The Bertz CT molecular complexity index is 1060. The van der Waals surface area contributed by atoms with Crippen molar-refractivity contribution < 1.29 is 19.1 Å². The highest BCUT2D eigenvalue weighted by Crippen LogP contribution is 2.25. The number of carbonyl (C=O) groups is 2. The number of esters is 2. The van der Waals surface area contributed by atoms with E-state index in [0.717, 1.165) is 11.1 Å². The fourth-order valence-corrected chi connectivity index (χ4v) is 2.64. The van der Waals surface area contributed by atoms with Crippen molar-refractivity contribution in [3.63, 3.8) is 0 Å². The summed E-state index contributed by atoms with van der Waals surface area (Å²) in [5, 5.41) is 0. The molecule has 0 atom stereocenters. The van der Waals surface area contributed by atoms with E-state index in [0.29, 0.717) is 28.2 Å². The Morgan fingerprint density at radius 2 is 1.21 bits per heavy atom. The molecule has 0 amide bonds. The van der Waals surface area contributed by atoms with E-state index in [1.807, 2.05) is 0 Å². The summed E-state index contributed by atoms with van der Waals surface area (Å²) in [6.07, 6.45) is 3.40. The average Bonchev–Trinajstić information content (AvgIpc) is 2.75. The SMILES string of the molecule is C=Cc1ccc(C(=O)Oc2ccc(OC(=O)c3ccc(C=C)cc3)c(C)c2)cc1. The van der Waals surface area contributed by atoms with Crippen molar-refractivity contribution in [2.24, 2.45) is 0 Å². The van der Waals surface area contributed by atoms with Gasteiger partial charge in [-0.25, -0.2) is 9.59 Å². The average molecular weight is 384 g/mol. The molecule has 0 heterocycles. The van der Waals surface area contributed by atoms with Crippen LogP contribution in [0.1, 0.15) is 37.4 Å². The second-order valence-corrected chi connectivity index (χ2v) is 6.36. The van der Waals surface area contributed by atoms with Gasteiger partial charge in [-0.05, 0) is 66.1 Å². The summed E-state index contributed by atoms with van der Waals surface area (Å²) in [5.41, 5.74) is 3.39. The van der Waals surface area contributed by atoms with Crippen molar-refractivity contribution in [1.82, 2.24) is 0 Å². The van der Waals surface area contributed by atoms with Gasteiger partial charge < -0.3 is 9.47 Å². The van der Waals surface area contributed by atoms with Gasteiger partial charge >= 0.3 is 11.9 Å². The first kappa shape index (κ1) is 19.8. The number of hydrogen-bond donors (Lipinski definition) is 0. The van der Waals surface area contributed by atoms with Crippen LogP contribution in [0, 0.1) is 6.92 Å². The molecule has 0 N–H and O–H groups in total. The summed E-state index contributed by atoms with van der Waals surface area (Å²) in [7, 11) is 0. The topological polar surface area (TPSA) is 52.6 Å². The van der Waals surface area contributed by atoms with Crippen LogP contribution < -0.4 is 9.47 Å². The summed E-state index contributed by atoms with van der Waals surface area (Å²) >= 11 is 0. The highest BCUT2D eigenvalue weighted by atomic mass is 16.5. The lowest BCUT2D eigenvalue weighted by atomic mass is 10.1. The number of carbonyl (C=O) groups excluding carboxylic acids is 2. The van der Waals surface area contributed by atoms with Gasteiger partial charge in [-0.15, -0.1) is 0 Å². The molecule has 0 unspecified atom stereocenters. The predicted octanol–water partition coefficient (Wildman–Crippen LogP) is 5.72. The van der Waals surface area contributed by atoms with Gasteiger partial charge in [0.1, 0.15) is 11.5 Å². The zero-order valence-electron chi connectivity index (χ0n) is 16.1. The van der Waals surface area contributed by atoms with Gasteiger partial charge in [-0.3, -0.25) is 0 Å². The van der Waals surface area contributed by atoms with Crippen LogP contribution in [0.15, 0.2) is 79.9 Å². The van der Waals surface area contributed by atoms with Gasteiger partial charge in [0, 0.05) is 0 Å². The Morgan fingerprint density at radius 3 is 1.66 bits per heavy atom. The van der Waals surface area contributed by atoms with E-state index >= 15 is 0 Å². The second kappa shape index (κ2) is 8.85. The monoisotopic (exact) mass is 384 g/mol. The Hall–Kier alpha value is -3.92. The zero-order valence-corrected chi connectivity index (χ0v) is 16.1. The zero-order chi connectivity index (χ0) is 20.8. The van der Waals surface area contributed by atoms with E-state index in [9.17, 15) is 9.59 Å². The highest BCUT2D eigenvalue weighted by Gasteiger charge is 2.13. The summed E-state index contributed by atoms with van der Waals surface area (Å²) in [6.45, 7) is 9.14. The van der Waals surface area contributed by atoms with E-state index in [-0.39, 0.29) is 0 Å². The quantitative estimate of drug-likeness (QED) is 0.403. The van der Waals surface area contributed by atoms with Gasteiger partial charge in [-0.1, -0.05) is 49.6 Å². The fourth-order valence-electron chi connectivity index (χ4n) is 2.64. The van der Waals surface area contributed by atoms with Gasteiger partial charge in [0.2, 0.25) is 0 Å². The van der Waals surface area contributed by atoms with Crippen molar-refractivity contribution in [3.8, 4) is 11.5 Å². The maximum Gasteiger partial charge on any atom is 0.343 e. The molecule has 0 aliphatic heterocycles. The van der Waals surface area contributed by atoms with Crippen LogP contribution in [-0.2, 0) is 0 Å². The van der Waals surface area contributed by atoms with Crippen LogP contribution >= 0.6 is 0 Å². The van der Waals surface area contributed by atoms with Crippen molar-refractivity contribution in [2.75, 3.05) is 0 Å². The Labute approximate surface area is 169 Å². The largest absolute Gasteiger partial charge is 0.423 e. The molecule has 0 saturated heterocycles. The van der Waals surface area contributed by atoms with Crippen molar-refractivity contribution in [2.45, 2.75) is 6.92 Å². The van der Waals surface area contributed by atoms with Gasteiger partial charge in [0.25, 0.3) is 0 Å². The lowest BCUT2D eigenvalue weighted by Crippen LogP contribution is -2.10. The normalized spacial score (nSPS) is 10.1. The molecule has 4 heteroatoms. The first-order valence-electron chi connectivity index (χ1n) is 9.00. The third kappa shape index (κ3) is 4.87. The van der Waals surface area contributed by atoms with E-state index in [1.165, 1.54) is 0 Å². The fraction of sp³-hybridized carbons (Fsp3) is 0.0400. The van der Waals surface area contributed by atoms with Crippen molar-refractivity contribution >= 4 is 24.1 Å². The smallest absolute Gasteiger partial charge is 0.343 e. The van der Waals surface area contributed by atoms with Gasteiger partial charge in [0.15, 0.2) is 0 Å². The Kier molecular flexibility index (Phi) is 6.05. The van der Waals surface area contributed by atoms with Gasteiger partial charge in [0.05, 0.1) is 11.1 Å². The number of hydrogen-bond acceptors (Lipinski definition) is 4. The molecule has 0 fully saturated rings. The minimum atomic E-state index is -0.466. The van der Waals surface area contributed by atoms with Crippen LogP contribution in [0.5, 0.6) is 11.5 Å². The molecule has 0 bridgehead atoms. The molecular formula is C25H20O4. The number of rotatable bonds is 6. The summed E-state index contributed by atoms with van der Waals surface area (Å²) in [5.74, 6) is -0.156. The van der Waals surface area contributed by atoms with E-state index in [1.54, 1.807) is 85.8 Å². The molecule has 3 aromatic rings. The third-order valence-corrected chi connectivity index (χ3v) is 4.32. The summed E-state index contributed by atoms with van der Waals surface area (Å²) in [6, 6.07) is 18.7. The van der Waals surface area contributed by atoms with Gasteiger partial charge in [-0.2, -0.15) is 0 Å². The number of aryl methyl sites for hydroxylation is 1. The maximum absolute atomic E-state index is 12.3. The lowest BCUT2D eigenvalue weighted by molar-refractivity contribution is 0.0718. The standard InChI is InChI=1S/C25H20O4/c1-4-18-6-10-20(11-7-18)24(26)28-22-14-15-23(17(3)16-22)29-25(27)21-12-8-19(5-2)9-13-21/h4-16H,1-2H2,3H3. The summed E-state index contributed by atoms with van der Waals surface area (Å²) < 4.78 is 10.9. The van der Waals surface area contributed by atoms with E-state index < -0.39 is 11.9 Å². The molecule has 0 aliphatic carbocycles. The van der Waals surface area contributed by atoms with Crippen LogP contribution in [0.25, 0.3) is 12.2 Å². The second-order valence-electron chi connectivity index (χ2n) is 6.36. The molecule has 144 valence electrons. The lowest BCUT2D eigenvalue weighted by Gasteiger charge is -2.10. The minimum absolute atomic E-state index is 0.371. The maximum atomic E-state index is 12.3.